The van der Waals surface area contributed by atoms with E-state index in [1.165, 1.54) is 6.92 Å². The largest absolute Gasteiger partial charge is 0.475 e. The van der Waals surface area contributed by atoms with Crippen LogP contribution in [0.1, 0.15) is 25.0 Å². The van der Waals surface area contributed by atoms with Gasteiger partial charge in [-0.15, -0.1) is 0 Å². The molecule has 0 N–H and O–H groups in total. The molecule has 0 saturated carbocycles. The molecule has 5 heteroatoms. The fourth-order valence-electron chi connectivity index (χ4n) is 1.61. The van der Waals surface area contributed by atoms with Gasteiger partial charge in [0.2, 0.25) is 5.90 Å². The molecule has 0 unspecified atom stereocenters. The van der Waals surface area contributed by atoms with Crippen LogP contribution in [-0.4, -0.2) is 18.0 Å². The predicted octanol–water partition coefficient (Wildman–Crippen LogP) is 3.48. The fraction of sp³-hybridized carbons (Fsp3) is 0.417. The molecule has 2 nitrogen and oxygen atoms in total. The summed E-state index contributed by atoms with van der Waals surface area (Å²) in [6, 6.07) is 1.02. The molecule has 0 spiro atoms. The van der Waals surface area contributed by atoms with Crippen molar-refractivity contribution in [1.29, 1.82) is 0 Å². The highest BCUT2D eigenvalue weighted by molar-refractivity contribution is 6.34. The standard InChI is InChI=1S/C12H12ClF2NO/c1-6-9(13)7(4-8(14)10(6)15)11-16-12(2,3)5-17-11/h4H,5H2,1-3H3. The van der Waals surface area contributed by atoms with Gasteiger partial charge in [0.05, 0.1) is 16.1 Å². The van der Waals surface area contributed by atoms with Crippen molar-refractivity contribution in [3.63, 3.8) is 0 Å². The average molecular weight is 260 g/mol. The van der Waals surface area contributed by atoms with E-state index in [9.17, 15) is 8.78 Å². The Bertz CT molecular complexity index is 512. The van der Waals surface area contributed by atoms with Gasteiger partial charge < -0.3 is 4.74 Å². The van der Waals surface area contributed by atoms with Crippen LogP contribution in [0.25, 0.3) is 0 Å². The first-order chi connectivity index (χ1) is 7.82. The lowest BCUT2D eigenvalue weighted by molar-refractivity contribution is 0.279. The molecule has 0 amide bonds. The summed E-state index contributed by atoms with van der Waals surface area (Å²) in [6.07, 6.45) is 0. The molecule has 0 aromatic heterocycles. The van der Waals surface area contributed by atoms with Gasteiger partial charge in [0.25, 0.3) is 0 Å². The lowest BCUT2D eigenvalue weighted by Gasteiger charge is -2.08. The van der Waals surface area contributed by atoms with Crippen LogP contribution in [0.5, 0.6) is 0 Å². The molecule has 0 saturated heterocycles. The molecule has 0 fully saturated rings. The molecule has 0 atom stereocenters. The van der Waals surface area contributed by atoms with Crippen molar-refractivity contribution in [1.82, 2.24) is 0 Å². The van der Waals surface area contributed by atoms with Crippen LogP contribution >= 0.6 is 11.6 Å². The second-order valence-electron chi connectivity index (χ2n) is 4.68. The molecule has 1 aliphatic heterocycles. The highest BCUT2D eigenvalue weighted by Crippen LogP contribution is 2.29. The van der Waals surface area contributed by atoms with Crippen LogP contribution in [0.3, 0.4) is 0 Å². The summed E-state index contributed by atoms with van der Waals surface area (Å²) >= 11 is 5.98. The summed E-state index contributed by atoms with van der Waals surface area (Å²) in [5.41, 5.74) is 0.00330. The van der Waals surface area contributed by atoms with Crippen molar-refractivity contribution in [2.45, 2.75) is 26.3 Å². The number of benzene rings is 1. The number of aliphatic imine (C=N–C) groups is 1. The number of hydrogen-bond acceptors (Lipinski definition) is 2. The highest BCUT2D eigenvalue weighted by atomic mass is 35.5. The maximum atomic E-state index is 13.3. The van der Waals surface area contributed by atoms with Crippen LogP contribution < -0.4 is 0 Å². The van der Waals surface area contributed by atoms with Crippen LogP contribution in [0, 0.1) is 18.6 Å². The van der Waals surface area contributed by atoms with Crippen LogP contribution in [0.4, 0.5) is 8.78 Å². The van der Waals surface area contributed by atoms with Gasteiger partial charge in [-0.25, -0.2) is 13.8 Å². The third-order valence-electron chi connectivity index (χ3n) is 2.57. The Morgan fingerprint density at radius 1 is 1.41 bits per heavy atom. The van der Waals surface area contributed by atoms with Crippen LogP contribution in [0.2, 0.25) is 5.02 Å². The van der Waals surface area contributed by atoms with Crippen molar-refractivity contribution in [3.8, 4) is 0 Å². The lowest BCUT2D eigenvalue weighted by atomic mass is 10.1. The quantitative estimate of drug-likeness (QED) is 0.708. The van der Waals surface area contributed by atoms with E-state index in [1.54, 1.807) is 0 Å². The van der Waals surface area contributed by atoms with Gasteiger partial charge in [0, 0.05) is 5.56 Å². The molecule has 1 aromatic rings. The van der Waals surface area contributed by atoms with E-state index in [2.05, 4.69) is 4.99 Å². The zero-order chi connectivity index (χ0) is 12.8. The number of ether oxygens (including phenoxy) is 1. The van der Waals surface area contributed by atoms with Crippen LogP contribution in [0.15, 0.2) is 11.1 Å². The average Bonchev–Trinajstić information content (AvgIpc) is 2.61. The van der Waals surface area contributed by atoms with Crippen molar-refractivity contribution in [3.05, 3.63) is 33.9 Å². The molecular formula is C12H12ClF2NO. The first kappa shape index (κ1) is 12.3. The Labute approximate surface area is 103 Å². The molecule has 92 valence electrons. The van der Waals surface area contributed by atoms with Gasteiger partial charge in [-0.2, -0.15) is 0 Å². The topological polar surface area (TPSA) is 21.6 Å². The predicted molar refractivity (Wildman–Crippen MR) is 62.7 cm³/mol. The molecular weight excluding hydrogens is 248 g/mol. The first-order valence-electron chi connectivity index (χ1n) is 5.19. The zero-order valence-corrected chi connectivity index (χ0v) is 10.5. The Hall–Kier alpha value is -1.16. The molecule has 1 aromatic carbocycles. The summed E-state index contributed by atoms with van der Waals surface area (Å²) in [7, 11) is 0. The molecule has 17 heavy (non-hydrogen) atoms. The maximum absolute atomic E-state index is 13.3. The van der Waals surface area contributed by atoms with Gasteiger partial charge in [-0.05, 0) is 26.8 Å². The minimum atomic E-state index is -0.946. The summed E-state index contributed by atoms with van der Waals surface area (Å²) in [5.74, 6) is -1.61. The maximum Gasteiger partial charge on any atom is 0.218 e. The van der Waals surface area contributed by atoms with Gasteiger partial charge >= 0.3 is 0 Å². The van der Waals surface area contributed by atoms with Gasteiger partial charge in [-0.3, -0.25) is 0 Å². The van der Waals surface area contributed by atoms with E-state index in [-0.39, 0.29) is 22.0 Å². The number of rotatable bonds is 1. The van der Waals surface area contributed by atoms with Gasteiger partial charge in [0.15, 0.2) is 11.6 Å². The Morgan fingerprint density at radius 3 is 2.59 bits per heavy atom. The van der Waals surface area contributed by atoms with E-state index in [1.807, 2.05) is 13.8 Å². The van der Waals surface area contributed by atoms with Crippen molar-refractivity contribution >= 4 is 17.5 Å². The minimum Gasteiger partial charge on any atom is -0.475 e. The normalized spacial score (nSPS) is 17.9. The first-order valence-corrected chi connectivity index (χ1v) is 5.57. The van der Waals surface area contributed by atoms with E-state index < -0.39 is 11.6 Å². The monoisotopic (exact) mass is 259 g/mol. The third-order valence-corrected chi connectivity index (χ3v) is 3.06. The van der Waals surface area contributed by atoms with E-state index in [4.69, 9.17) is 16.3 Å². The Kier molecular flexibility index (Phi) is 2.86. The molecule has 0 aliphatic carbocycles. The Morgan fingerprint density at radius 2 is 2.06 bits per heavy atom. The number of halogens is 3. The smallest absolute Gasteiger partial charge is 0.218 e. The number of nitrogens with zero attached hydrogens (tertiary/aromatic N) is 1. The fourth-order valence-corrected chi connectivity index (χ4v) is 1.83. The van der Waals surface area contributed by atoms with Gasteiger partial charge in [-0.1, -0.05) is 11.6 Å². The highest BCUT2D eigenvalue weighted by Gasteiger charge is 2.29. The van der Waals surface area contributed by atoms with Crippen molar-refractivity contribution in [2.75, 3.05) is 6.61 Å². The summed E-state index contributed by atoms with van der Waals surface area (Å²) in [6.45, 7) is 5.60. The third kappa shape index (κ3) is 2.14. The molecule has 2 rings (SSSR count). The lowest BCUT2D eigenvalue weighted by Crippen LogP contribution is -2.17. The van der Waals surface area contributed by atoms with Crippen molar-refractivity contribution in [2.24, 2.45) is 4.99 Å². The number of hydrogen-bond donors (Lipinski definition) is 0. The second kappa shape index (κ2) is 3.95. The summed E-state index contributed by atoms with van der Waals surface area (Å²) in [5, 5.41) is 0.139. The SMILES string of the molecule is Cc1c(F)c(F)cc(C2=NC(C)(C)CO2)c1Cl. The van der Waals surface area contributed by atoms with E-state index in [0.29, 0.717) is 12.2 Å². The second-order valence-corrected chi connectivity index (χ2v) is 5.05. The molecule has 1 heterocycles. The summed E-state index contributed by atoms with van der Waals surface area (Å²) in [4.78, 5) is 4.28. The van der Waals surface area contributed by atoms with E-state index in [0.717, 1.165) is 6.07 Å². The summed E-state index contributed by atoms with van der Waals surface area (Å²) < 4.78 is 32.0. The minimum absolute atomic E-state index is 0.0673. The van der Waals surface area contributed by atoms with Crippen molar-refractivity contribution < 1.29 is 13.5 Å². The Balaban J connectivity index is 2.55. The van der Waals surface area contributed by atoms with Gasteiger partial charge in [0.1, 0.15) is 6.61 Å². The van der Waals surface area contributed by atoms with Crippen LogP contribution in [-0.2, 0) is 4.74 Å². The molecule has 0 radical (unpaired) electrons. The molecule has 0 bridgehead atoms. The molecule has 1 aliphatic rings. The zero-order valence-electron chi connectivity index (χ0n) is 9.77. The van der Waals surface area contributed by atoms with E-state index >= 15 is 0 Å².